The molecule has 0 aliphatic carbocycles. The molecular formula is C23H29NO4. The SMILES string of the molecule is CCOC(=O)C(CCc1ccccc1)CNC(C)C(=O)OCc1ccccc1. The lowest BCUT2D eigenvalue weighted by atomic mass is 9.99. The molecule has 2 aromatic carbocycles. The van der Waals surface area contributed by atoms with Gasteiger partial charge in [-0.25, -0.2) is 0 Å². The first-order chi connectivity index (χ1) is 13.6. The van der Waals surface area contributed by atoms with Gasteiger partial charge in [0.15, 0.2) is 0 Å². The molecule has 0 aliphatic heterocycles. The van der Waals surface area contributed by atoms with Gasteiger partial charge < -0.3 is 14.8 Å². The van der Waals surface area contributed by atoms with Gasteiger partial charge in [0, 0.05) is 6.54 Å². The van der Waals surface area contributed by atoms with Crippen molar-refractivity contribution in [3.63, 3.8) is 0 Å². The van der Waals surface area contributed by atoms with Gasteiger partial charge in [0.05, 0.1) is 12.5 Å². The average Bonchev–Trinajstić information content (AvgIpc) is 2.73. The summed E-state index contributed by atoms with van der Waals surface area (Å²) in [6.07, 6.45) is 1.43. The summed E-state index contributed by atoms with van der Waals surface area (Å²) in [4.78, 5) is 24.5. The molecule has 0 spiro atoms. The molecule has 150 valence electrons. The normalized spacial score (nSPS) is 12.8. The summed E-state index contributed by atoms with van der Waals surface area (Å²) in [5, 5.41) is 3.12. The van der Waals surface area contributed by atoms with Crippen molar-refractivity contribution < 1.29 is 19.1 Å². The second-order valence-electron chi connectivity index (χ2n) is 6.70. The van der Waals surface area contributed by atoms with Gasteiger partial charge in [-0.15, -0.1) is 0 Å². The van der Waals surface area contributed by atoms with E-state index in [9.17, 15) is 9.59 Å². The van der Waals surface area contributed by atoms with Crippen LogP contribution in [0.5, 0.6) is 0 Å². The van der Waals surface area contributed by atoms with Crippen LogP contribution in [0.2, 0.25) is 0 Å². The molecule has 2 rings (SSSR count). The van der Waals surface area contributed by atoms with Gasteiger partial charge in [0.1, 0.15) is 12.6 Å². The Hall–Kier alpha value is -2.66. The minimum absolute atomic E-state index is 0.237. The Kier molecular flexibility index (Phi) is 9.22. The van der Waals surface area contributed by atoms with Crippen molar-refractivity contribution in [2.24, 2.45) is 5.92 Å². The van der Waals surface area contributed by atoms with E-state index in [4.69, 9.17) is 9.47 Å². The first kappa shape index (κ1) is 21.6. The van der Waals surface area contributed by atoms with E-state index in [0.717, 1.165) is 12.0 Å². The lowest BCUT2D eigenvalue weighted by molar-refractivity contribution is -0.150. The van der Waals surface area contributed by atoms with E-state index in [2.05, 4.69) is 5.32 Å². The molecule has 0 radical (unpaired) electrons. The maximum atomic E-state index is 12.3. The second-order valence-corrected chi connectivity index (χ2v) is 6.70. The Morgan fingerprint density at radius 1 is 0.893 bits per heavy atom. The molecule has 0 bridgehead atoms. The number of carbonyl (C=O) groups is 2. The van der Waals surface area contributed by atoms with Crippen molar-refractivity contribution in [2.45, 2.75) is 39.3 Å². The number of nitrogens with one attached hydrogen (secondary N) is 1. The van der Waals surface area contributed by atoms with Crippen LogP contribution in [0.15, 0.2) is 60.7 Å². The number of ether oxygens (including phenoxy) is 2. The zero-order valence-corrected chi connectivity index (χ0v) is 16.6. The van der Waals surface area contributed by atoms with Crippen LogP contribution in [0.25, 0.3) is 0 Å². The van der Waals surface area contributed by atoms with Crippen molar-refractivity contribution in [1.29, 1.82) is 0 Å². The highest BCUT2D eigenvalue weighted by Crippen LogP contribution is 2.12. The van der Waals surface area contributed by atoms with Crippen LogP contribution in [0, 0.1) is 5.92 Å². The van der Waals surface area contributed by atoms with Crippen LogP contribution in [0.1, 0.15) is 31.4 Å². The monoisotopic (exact) mass is 383 g/mol. The predicted molar refractivity (Wildman–Crippen MR) is 109 cm³/mol. The first-order valence-electron chi connectivity index (χ1n) is 9.74. The number of aryl methyl sites for hydroxylation is 1. The van der Waals surface area contributed by atoms with Crippen molar-refractivity contribution in [2.75, 3.05) is 13.2 Å². The molecule has 5 nitrogen and oxygen atoms in total. The summed E-state index contributed by atoms with van der Waals surface area (Å²) in [6.45, 7) is 4.49. The first-order valence-corrected chi connectivity index (χ1v) is 9.74. The van der Waals surface area contributed by atoms with E-state index < -0.39 is 6.04 Å². The second kappa shape index (κ2) is 11.9. The summed E-state index contributed by atoms with van der Waals surface area (Å²) < 4.78 is 10.5. The topological polar surface area (TPSA) is 64.6 Å². The van der Waals surface area contributed by atoms with E-state index in [-0.39, 0.29) is 24.5 Å². The highest BCUT2D eigenvalue weighted by Gasteiger charge is 2.22. The zero-order chi connectivity index (χ0) is 20.2. The van der Waals surface area contributed by atoms with E-state index >= 15 is 0 Å². The fourth-order valence-electron chi connectivity index (χ4n) is 2.80. The molecule has 28 heavy (non-hydrogen) atoms. The Balaban J connectivity index is 1.82. The Labute approximate surface area is 167 Å². The lowest BCUT2D eigenvalue weighted by Gasteiger charge is -2.19. The number of hydrogen-bond acceptors (Lipinski definition) is 5. The molecule has 2 atom stereocenters. The summed E-state index contributed by atoms with van der Waals surface area (Å²) >= 11 is 0. The maximum Gasteiger partial charge on any atom is 0.323 e. The quantitative estimate of drug-likeness (QED) is 0.602. The van der Waals surface area contributed by atoms with Gasteiger partial charge in [0.2, 0.25) is 0 Å². The van der Waals surface area contributed by atoms with Gasteiger partial charge in [-0.1, -0.05) is 60.7 Å². The summed E-state index contributed by atoms with van der Waals surface area (Å²) in [5.41, 5.74) is 2.11. The number of esters is 2. The molecule has 0 aliphatic rings. The van der Waals surface area contributed by atoms with Crippen LogP contribution >= 0.6 is 0 Å². The number of benzene rings is 2. The molecule has 0 fully saturated rings. The molecule has 0 heterocycles. The van der Waals surface area contributed by atoms with Gasteiger partial charge in [-0.05, 0) is 37.8 Å². The number of hydrogen-bond donors (Lipinski definition) is 1. The van der Waals surface area contributed by atoms with Gasteiger partial charge in [0.25, 0.3) is 0 Å². The van der Waals surface area contributed by atoms with Gasteiger partial charge in [-0.3, -0.25) is 9.59 Å². The van der Waals surface area contributed by atoms with E-state index in [0.29, 0.717) is 19.6 Å². The third-order valence-corrected chi connectivity index (χ3v) is 4.49. The zero-order valence-electron chi connectivity index (χ0n) is 16.6. The molecule has 2 unspecified atom stereocenters. The van der Waals surface area contributed by atoms with Crippen molar-refractivity contribution >= 4 is 11.9 Å². The van der Waals surface area contributed by atoms with Gasteiger partial charge >= 0.3 is 11.9 Å². The molecule has 0 saturated carbocycles. The summed E-state index contributed by atoms with van der Waals surface area (Å²) in [7, 11) is 0. The minimum atomic E-state index is -0.502. The van der Waals surface area contributed by atoms with Crippen molar-refractivity contribution in [3.05, 3.63) is 71.8 Å². The molecule has 1 N–H and O–H groups in total. The van der Waals surface area contributed by atoms with Crippen LogP contribution in [-0.2, 0) is 32.1 Å². The highest BCUT2D eigenvalue weighted by molar-refractivity contribution is 5.76. The van der Waals surface area contributed by atoms with Crippen LogP contribution < -0.4 is 5.32 Å². The predicted octanol–water partition coefficient (Wildman–Crippen LogP) is 3.52. The molecule has 0 amide bonds. The van der Waals surface area contributed by atoms with E-state index in [1.165, 1.54) is 5.56 Å². The summed E-state index contributed by atoms with van der Waals surface area (Å²) in [6, 6.07) is 19.1. The average molecular weight is 383 g/mol. The fraction of sp³-hybridized carbons (Fsp3) is 0.391. The highest BCUT2D eigenvalue weighted by atomic mass is 16.5. The lowest BCUT2D eigenvalue weighted by Crippen LogP contribution is -2.40. The molecular weight excluding hydrogens is 354 g/mol. The van der Waals surface area contributed by atoms with Crippen molar-refractivity contribution in [3.8, 4) is 0 Å². The third-order valence-electron chi connectivity index (χ3n) is 4.49. The smallest absolute Gasteiger partial charge is 0.323 e. The number of carbonyl (C=O) groups excluding carboxylic acids is 2. The van der Waals surface area contributed by atoms with E-state index in [1.807, 2.05) is 60.7 Å². The van der Waals surface area contributed by atoms with Crippen LogP contribution in [-0.4, -0.2) is 31.1 Å². The fourth-order valence-corrected chi connectivity index (χ4v) is 2.80. The molecule has 5 heteroatoms. The van der Waals surface area contributed by atoms with Crippen molar-refractivity contribution in [1.82, 2.24) is 5.32 Å². The Bertz CT molecular complexity index is 718. The minimum Gasteiger partial charge on any atom is -0.466 e. The standard InChI is InChI=1S/C23H29NO4/c1-3-27-23(26)21(15-14-19-10-6-4-7-11-19)16-24-18(2)22(25)28-17-20-12-8-5-9-13-20/h4-13,18,21,24H,3,14-17H2,1-2H3. The van der Waals surface area contributed by atoms with Gasteiger partial charge in [-0.2, -0.15) is 0 Å². The maximum absolute atomic E-state index is 12.3. The largest absolute Gasteiger partial charge is 0.466 e. The summed E-state index contributed by atoms with van der Waals surface area (Å²) in [5.74, 6) is -0.894. The van der Waals surface area contributed by atoms with Crippen LogP contribution in [0.3, 0.4) is 0 Å². The van der Waals surface area contributed by atoms with Crippen LogP contribution in [0.4, 0.5) is 0 Å². The Morgan fingerprint density at radius 3 is 2.11 bits per heavy atom. The third kappa shape index (κ3) is 7.53. The molecule has 2 aromatic rings. The van der Waals surface area contributed by atoms with E-state index in [1.54, 1.807) is 13.8 Å². The number of rotatable bonds is 11. The molecule has 0 aromatic heterocycles. The Morgan fingerprint density at radius 2 is 1.50 bits per heavy atom. The molecule has 0 saturated heterocycles.